The van der Waals surface area contributed by atoms with Crippen LogP contribution in [-0.2, 0) is 25.5 Å². The summed E-state index contributed by atoms with van der Waals surface area (Å²) in [6, 6.07) is 40.7. The van der Waals surface area contributed by atoms with E-state index >= 15 is 0 Å². The normalized spacial score (nSPS) is 11.3. The van der Waals surface area contributed by atoms with Crippen LogP contribution in [0.3, 0.4) is 0 Å². The van der Waals surface area contributed by atoms with Gasteiger partial charge in [0.2, 0.25) is 0 Å². The molecule has 0 aliphatic carbocycles. The Kier molecular flexibility index (Phi) is 8.63. The standard InChI is InChI=1S/C28H21FN3O.C11H8N.Ir/c1-28(2,3)24-15-21-22(16-30-24)32(17-9-5-4-6-10-17)27(31-21)19-13-14-20(29)25-18-11-7-8-12-23(18)33-26(19)25;1-2-6-10(7-3-1)11-8-4-5-9-12-11;/h4-12,14-16H,1-3H3;1-6,8-9H;/q2*-1;. The molecule has 0 saturated heterocycles. The molecule has 0 aliphatic heterocycles. The van der Waals surface area contributed by atoms with Crippen molar-refractivity contribution in [3.05, 3.63) is 145 Å². The predicted octanol–water partition coefficient (Wildman–Crippen LogP) is 9.77. The van der Waals surface area contributed by atoms with Gasteiger partial charge in [-0.1, -0.05) is 74.9 Å². The van der Waals surface area contributed by atoms with Crippen LogP contribution in [0, 0.1) is 17.9 Å². The number of furan rings is 1. The Morgan fingerprint density at radius 3 is 2.33 bits per heavy atom. The molecular formula is C39H29FIrN4O-2. The fraction of sp³-hybridized carbons (Fsp3) is 0.103. The van der Waals surface area contributed by atoms with Crippen molar-refractivity contribution in [1.29, 1.82) is 0 Å². The van der Waals surface area contributed by atoms with E-state index in [1.807, 2.05) is 114 Å². The molecule has 0 saturated carbocycles. The van der Waals surface area contributed by atoms with Gasteiger partial charge in [0.1, 0.15) is 5.58 Å². The van der Waals surface area contributed by atoms with Crippen molar-refractivity contribution < 1.29 is 28.9 Å². The molecule has 8 aromatic rings. The summed E-state index contributed by atoms with van der Waals surface area (Å²) in [5.41, 5.74) is 7.15. The Morgan fingerprint density at radius 1 is 0.826 bits per heavy atom. The minimum atomic E-state index is -0.363. The zero-order valence-corrected chi connectivity index (χ0v) is 27.9. The van der Waals surface area contributed by atoms with Crippen molar-refractivity contribution in [2.75, 3.05) is 0 Å². The van der Waals surface area contributed by atoms with E-state index in [0.29, 0.717) is 27.9 Å². The van der Waals surface area contributed by atoms with E-state index in [1.165, 1.54) is 6.07 Å². The molecule has 7 heteroatoms. The van der Waals surface area contributed by atoms with Gasteiger partial charge in [-0.15, -0.1) is 48.0 Å². The first-order valence-corrected chi connectivity index (χ1v) is 14.7. The summed E-state index contributed by atoms with van der Waals surface area (Å²) in [7, 11) is 0. The Morgan fingerprint density at radius 2 is 1.59 bits per heavy atom. The van der Waals surface area contributed by atoms with E-state index in [4.69, 9.17) is 14.4 Å². The fourth-order valence-corrected chi connectivity index (χ4v) is 5.37. The van der Waals surface area contributed by atoms with Crippen LogP contribution < -0.4 is 0 Å². The molecule has 0 spiro atoms. The molecule has 0 bridgehead atoms. The summed E-state index contributed by atoms with van der Waals surface area (Å²) >= 11 is 0. The first kappa shape index (κ1) is 31.0. The maximum absolute atomic E-state index is 14.9. The molecule has 0 fully saturated rings. The van der Waals surface area contributed by atoms with Crippen LogP contribution in [0.4, 0.5) is 4.39 Å². The maximum atomic E-state index is 14.9. The summed E-state index contributed by atoms with van der Waals surface area (Å²) in [5.74, 6) is 0.269. The van der Waals surface area contributed by atoms with E-state index in [0.717, 1.165) is 39.1 Å². The minimum Gasteiger partial charge on any atom is -0.500 e. The number of rotatable bonds is 3. The van der Waals surface area contributed by atoms with Gasteiger partial charge in [0.25, 0.3) is 0 Å². The second-order valence-corrected chi connectivity index (χ2v) is 11.7. The van der Waals surface area contributed by atoms with Crippen molar-refractivity contribution in [3.8, 4) is 28.3 Å². The quantitative estimate of drug-likeness (QED) is 0.168. The molecule has 0 amide bonds. The van der Waals surface area contributed by atoms with Gasteiger partial charge in [0, 0.05) is 54.3 Å². The van der Waals surface area contributed by atoms with Gasteiger partial charge in [-0.05, 0) is 41.4 Å². The van der Waals surface area contributed by atoms with Crippen LogP contribution in [0.5, 0.6) is 0 Å². The molecule has 8 rings (SSSR count). The van der Waals surface area contributed by atoms with Crippen molar-refractivity contribution in [2.45, 2.75) is 26.2 Å². The predicted molar refractivity (Wildman–Crippen MR) is 178 cm³/mol. The molecule has 5 nitrogen and oxygen atoms in total. The number of aromatic nitrogens is 4. The average molecular weight is 781 g/mol. The van der Waals surface area contributed by atoms with Crippen LogP contribution >= 0.6 is 0 Å². The molecule has 4 heterocycles. The Balaban J connectivity index is 0.000000241. The van der Waals surface area contributed by atoms with Crippen LogP contribution in [0.15, 0.2) is 126 Å². The summed E-state index contributed by atoms with van der Waals surface area (Å²) in [4.78, 5) is 13.9. The smallest absolute Gasteiger partial charge is 0.121 e. The average Bonchev–Trinajstić information content (AvgIpc) is 3.65. The molecule has 4 aromatic carbocycles. The first-order chi connectivity index (χ1) is 21.9. The van der Waals surface area contributed by atoms with Gasteiger partial charge in [-0.25, -0.2) is 0 Å². The second-order valence-electron chi connectivity index (χ2n) is 11.7. The molecule has 46 heavy (non-hydrogen) atoms. The van der Waals surface area contributed by atoms with Gasteiger partial charge >= 0.3 is 0 Å². The summed E-state index contributed by atoms with van der Waals surface area (Å²) in [5, 5.41) is 1.18. The second kappa shape index (κ2) is 12.8. The summed E-state index contributed by atoms with van der Waals surface area (Å²) in [6.45, 7) is 6.38. The third kappa shape index (κ3) is 5.87. The van der Waals surface area contributed by atoms with Gasteiger partial charge in [-0.3, -0.25) is 14.4 Å². The molecule has 0 atom stereocenters. The first-order valence-electron chi connectivity index (χ1n) is 14.7. The van der Waals surface area contributed by atoms with Crippen molar-refractivity contribution in [2.24, 2.45) is 0 Å². The van der Waals surface area contributed by atoms with E-state index in [9.17, 15) is 4.39 Å². The SMILES string of the molecule is CC(C)(C)c1cc2nc(-c3[c-]cc(F)c4c3oc3ccccc34)n(-c3ccccc3)c2cn1.[Ir].[c-]1ccccc1-c1ccccn1. The molecule has 0 unspecified atom stereocenters. The number of benzene rings is 4. The van der Waals surface area contributed by atoms with Gasteiger partial charge < -0.3 is 14.0 Å². The number of hydrogen-bond donors (Lipinski definition) is 0. The Bertz CT molecular complexity index is 2220. The number of para-hydroxylation sites is 2. The fourth-order valence-electron chi connectivity index (χ4n) is 5.37. The van der Waals surface area contributed by atoms with Crippen molar-refractivity contribution in [3.63, 3.8) is 0 Å². The van der Waals surface area contributed by atoms with Crippen LogP contribution in [-0.4, -0.2) is 19.5 Å². The van der Waals surface area contributed by atoms with Gasteiger partial charge in [-0.2, -0.15) is 0 Å². The van der Waals surface area contributed by atoms with E-state index < -0.39 is 0 Å². The zero-order valence-electron chi connectivity index (χ0n) is 25.5. The topological polar surface area (TPSA) is 56.7 Å². The Hall–Kier alpha value is -4.97. The number of fused-ring (bicyclic) bond motifs is 4. The van der Waals surface area contributed by atoms with Crippen LogP contribution in [0.2, 0.25) is 0 Å². The molecule has 0 N–H and O–H groups in total. The molecular weight excluding hydrogens is 752 g/mol. The number of hydrogen-bond acceptors (Lipinski definition) is 4. The third-order valence-corrected chi connectivity index (χ3v) is 7.60. The molecule has 229 valence electrons. The number of imidazole rings is 1. The third-order valence-electron chi connectivity index (χ3n) is 7.60. The van der Waals surface area contributed by atoms with Gasteiger partial charge in [0.15, 0.2) is 0 Å². The van der Waals surface area contributed by atoms with Crippen molar-refractivity contribution >= 4 is 33.0 Å². The Labute approximate surface area is 280 Å². The van der Waals surface area contributed by atoms with E-state index in [1.54, 1.807) is 6.20 Å². The van der Waals surface area contributed by atoms with Gasteiger partial charge in [0.05, 0.1) is 28.6 Å². The zero-order chi connectivity index (χ0) is 31.0. The number of pyridine rings is 2. The summed E-state index contributed by atoms with van der Waals surface area (Å²) < 4.78 is 23.1. The maximum Gasteiger partial charge on any atom is 0.121 e. The monoisotopic (exact) mass is 781 g/mol. The van der Waals surface area contributed by atoms with E-state index in [-0.39, 0.29) is 31.3 Å². The van der Waals surface area contributed by atoms with E-state index in [2.05, 4.69) is 37.9 Å². The largest absolute Gasteiger partial charge is 0.500 e. The number of nitrogens with zero attached hydrogens (tertiary/aromatic N) is 4. The number of halogens is 1. The van der Waals surface area contributed by atoms with Crippen LogP contribution in [0.25, 0.3) is 61.3 Å². The van der Waals surface area contributed by atoms with Crippen LogP contribution in [0.1, 0.15) is 26.5 Å². The van der Waals surface area contributed by atoms with Crippen molar-refractivity contribution in [1.82, 2.24) is 19.5 Å². The molecule has 0 aliphatic rings. The summed E-state index contributed by atoms with van der Waals surface area (Å²) in [6.07, 6.45) is 3.65. The minimum absolute atomic E-state index is 0. The molecule has 4 aromatic heterocycles. The molecule has 1 radical (unpaired) electrons.